The Morgan fingerprint density at radius 3 is 2.68 bits per heavy atom. The summed E-state index contributed by atoms with van der Waals surface area (Å²) in [6, 6.07) is 3.42. The third-order valence-electron chi connectivity index (χ3n) is 4.62. The van der Waals surface area contributed by atoms with Gasteiger partial charge in [-0.05, 0) is 25.0 Å². The van der Waals surface area contributed by atoms with Gasteiger partial charge in [0.15, 0.2) is 9.84 Å². The minimum atomic E-state index is -3.13. The van der Waals surface area contributed by atoms with Gasteiger partial charge in [0.25, 0.3) is 5.91 Å². The molecule has 0 radical (unpaired) electrons. The number of amides is 1. The highest BCUT2D eigenvalue weighted by Crippen LogP contribution is 2.34. The highest BCUT2D eigenvalue weighted by Gasteiger charge is 2.45. The van der Waals surface area contributed by atoms with Crippen molar-refractivity contribution in [2.24, 2.45) is 0 Å². The summed E-state index contributed by atoms with van der Waals surface area (Å²) >= 11 is 0. The van der Waals surface area contributed by atoms with Crippen LogP contribution in [0.4, 0.5) is 5.82 Å². The van der Waals surface area contributed by atoms with Gasteiger partial charge in [0.2, 0.25) is 0 Å². The molecule has 1 aromatic rings. The zero-order valence-electron chi connectivity index (χ0n) is 13.3. The number of carbonyl (C=O) groups excluding carboxylic acids is 1. The van der Waals surface area contributed by atoms with E-state index >= 15 is 0 Å². The van der Waals surface area contributed by atoms with Crippen LogP contribution in [0.5, 0.6) is 0 Å². The van der Waals surface area contributed by atoms with E-state index in [2.05, 4.69) is 10.3 Å². The normalized spacial score (nSPS) is 19.7. The van der Waals surface area contributed by atoms with E-state index in [1.807, 2.05) is 18.7 Å². The number of pyridine rings is 1. The molecule has 1 aliphatic rings. The highest BCUT2D eigenvalue weighted by atomic mass is 32.2. The second kappa shape index (κ2) is 6.24. The highest BCUT2D eigenvalue weighted by molar-refractivity contribution is 7.92. The average Bonchev–Trinajstić information content (AvgIpc) is 2.54. The Hall–Kier alpha value is -1.63. The van der Waals surface area contributed by atoms with Crippen molar-refractivity contribution in [3.63, 3.8) is 0 Å². The Bertz CT molecular complexity index is 654. The maximum absolute atomic E-state index is 12.5. The van der Waals surface area contributed by atoms with Crippen molar-refractivity contribution in [1.82, 2.24) is 10.3 Å². The van der Waals surface area contributed by atoms with Gasteiger partial charge in [-0.15, -0.1) is 0 Å². The van der Waals surface area contributed by atoms with E-state index < -0.39 is 14.6 Å². The molecule has 0 spiro atoms. The smallest absolute Gasteiger partial charge is 0.254 e. The fraction of sp³-hybridized carbons (Fsp3) is 0.600. The summed E-state index contributed by atoms with van der Waals surface area (Å²) in [6.45, 7) is 4.56. The number of hydrogen-bond donors (Lipinski definition) is 1. The first kappa shape index (κ1) is 16.7. The molecule has 0 bridgehead atoms. The molecular formula is C15H23N3O3S. The van der Waals surface area contributed by atoms with Crippen molar-refractivity contribution in [2.45, 2.75) is 31.4 Å². The number of nitrogens with one attached hydrogen (secondary N) is 1. The Morgan fingerprint density at radius 2 is 2.09 bits per heavy atom. The van der Waals surface area contributed by atoms with Crippen LogP contribution in [-0.4, -0.2) is 49.9 Å². The summed E-state index contributed by atoms with van der Waals surface area (Å²) in [5.41, 5.74) is 0.477. The van der Waals surface area contributed by atoms with Gasteiger partial charge < -0.3 is 10.2 Å². The second-order valence-electron chi connectivity index (χ2n) is 5.58. The molecule has 2 heterocycles. The van der Waals surface area contributed by atoms with E-state index in [9.17, 15) is 13.2 Å². The second-order valence-corrected chi connectivity index (χ2v) is 8.09. The van der Waals surface area contributed by atoms with Gasteiger partial charge in [-0.25, -0.2) is 13.4 Å². The van der Waals surface area contributed by atoms with Crippen molar-refractivity contribution < 1.29 is 13.2 Å². The first-order valence-electron chi connectivity index (χ1n) is 7.55. The Kier molecular flexibility index (Phi) is 4.75. The summed E-state index contributed by atoms with van der Waals surface area (Å²) in [4.78, 5) is 18.3. The number of nitrogens with zero attached hydrogens (tertiary/aromatic N) is 2. The third kappa shape index (κ3) is 2.69. The van der Waals surface area contributed by atoms with Crippen LogP contribution in [0.15, 0.2) is 18.3 Å². The van der Waals surface area contributed by atoms with Crippen molar-refractivity contribution in [1.29, 1.82) is 0 Å². The molecule has 0 saturated carbocycles. The summed E-state index contributed by atoms with van der Waals surface area (Å²) < 4.78 is 24.2. The maximum atomic E-state index is 12.5. The number of rotatable bonds is 4. The molecule has 1 aliphatic heterocycles. The van der Waals surface area contributed by atoms with Crippen LogP contribution in [0.2, 0.25) is 0 Å². The molecule has 0 unspecified atom stereocenters. The molecule has 122 valence electrons. The average molecular weight is 325 g/mol. The van der Waals surface area contributed by atoms with Crippen LogP contribution in [0.25, 0.3) is 0 Å². The standard InChI is InChI=1S/C15H23N3O3S/c1-4-15(5-2)11-18(9-10-22(15,20)21)13-12(14(19)16-3)7-6-8-17-13/h6-8H,4-5,9-11H2,1-3H3,(H,16,19). The van der Waals surface area contributed by atoms with Crippen LogP contribution < -0.4 is 10.2 Å². The Labute approximate surface area is 131 Å². The SMILES string of the molecule is CCC1(CC)CN(c2ncccc2C(=O)NC)CCS1(=O)=O. The van der Waals surface area contributed by atoms with E-state index in [0.717, 1.165) is 0 Å². The van der Waals surface area contributed by atoms with Crippen LogP contribution in [0, 0.1) is 0 Å². The quantitative estimate of drug-likeness (QED) is 0.901. The summed E-state index contributed by atoms with van der Waals surface area (Å²) in [7, 11) is -1.56. The van der Waals surface area contributed by atoms with Gasteiger partial charge in [-0.3, -0.25) is 4.79 Å². The fourth-order valence-electron chi connectivity index (χ4n) is 3.03. The van der Waals surface area contributed by atoms with Crippen LogP contribution in [-0.2, 0) is 9.84 Å². The molecule has 7 heteroatoms. The van der Waals surface area contributed by atoms with Gasteiger partial charge in [0, 0.05) is 26.3 Å². The predicted octanol–water partition coefficient (Wildman–Crippen LogP) is 1.23. The summed E-state index contributed by atoms with van der Waals surface area (Å²) in [5.74, 6) is 0.441. The van der Waals surface area contributed by atoms with E-state index in [-0.39, 0.29) is 11.7 Å². The fourth-order valence-corrected chi connectivity index (χ4v) is 5.15. The number of anilines is 1. The van der Waals surface area contributed by atoms with Gasteiger partial charge in [0.05, 0.1) is 16.1 Å². The molecule has 1 N–H and O–H groups in total. The van der Waals surface area contributed by atoms with Crippen LogP contribution in [0.1, 0.15) is 37.0 Å². The van der Waals surface area contributed by atoms with E-state index in [0.29, 0.717) is 37.3 Å². The first-order valence-corrected chi connectivity index (χ1v) is 9.20. The monoisotopic (exact) mass is 325 g/mol. The van der Waals surface area contributed by atoms with Crippen molar-refractivity contribution in [3.05, 3.63) is 23.9 Å². The molecular weight excluding hydrogens is 302 g/mol. The molecule has 0 aromatic carbocycles. The third-order valence-corrected chi connectivity index (χ3v) is 7.36. The van der Waals surface area contributed by atoms with Gasteiger partial charge >= 0.3 is 0 Å². The molecule has 2 rings (SSSR count). The molecule has 1 fully saturated rings. The molecule has 0 atom stereocenters. The lowest BCUT2D eigenvalue weighted by atomic mass is 10.0. The number of carbonyl (C=O) groups is 1. The minimum Gasteiger partial charge on any atom is -0.355 e. The molecule has 0 aliphatic carbocycles. The molecule has 1 aromatic heterocycles. The Morgan fingerprint density at radius 1 is 1.41 bits per heavy atom. The first-order chi connectivity index (χ1) is 10.4. The molecule has 6 nitrogen and oxygen atoms in total. The van der Waals surface area contributed by atoms with Gasteiger partial charge in [-0.2, -0.15) is 0 Å². The number of aromatic nitrogens is 1. The number of hydrogen-bond acceptors (Lipinski definition) is 5. The van der Waals surface area contributed by atoms with E-state index in [4.69, 9.17) is 0 Å². The zero-order valence-corrected chi connectivity index (χ0v) is 14.1. The van der Waals surface area contributed by atoms with Crippen molar-refractivity contribution >= 4 is 21.6 Å². The maximum Gasteiger partial charge on any atom is 0.254 e. The largest absolute Gasteiger partial charge is 0.355 e. The lowest BCUT2D eigenvalue weighted by molar-refractivity contribution is 0.0963. The Balaban J connectivity index is 2.42. The lowest BCUT2D eigenvalue weighted by Gasteiger charge is -2.42. The molecule has 1 saturated heterocycles. The van der Waals surface area contributed by atoms with Crippen molar-refractivity contribution in [2.75, 3.05) is 30.8 Å². The van der Waals surface area contributed by atoms with E-state index in [1.165, 1.54) is 0 Å². The van der Waals surface area contributed by atoms with Gasteiger partial charge in [0.1, 0.15) is 5.82 Å². The van der Waals surface area contributed by atoms with Gasteiger partial charge in [-0.1, -0.05) is 13.8 Å². The molecule has 1 amide bonds. The zero-order chi connectivity index (χ0) is 16.4. The van der Waals surface area contributed by atoms with E-state index in [1.54, 1.807) is 25.4 Å². The molecule has 22 heavy (non-hydrogen) atoms. The van der Waals surface area contributed by atoms with Crippen molar-refractivity contribution in [3.8, 4) is 0 Å². The summed E-state index contributed by atoms with van der Waals surface area (Å²) in [5, 5.41) is 2.60. The summed E-state index contributed by atoms with van der Waals surface area (Å²) in [6.07, 6.45) is 2.75. The predicted molar refractivity (Wildman–Crippen MR) is 86.9 cm³/mol. The number of sulfone groups is 1. The lowest BCUT2D eigenvalue weighted by Crippen LogP contribution is -2.56. The topological polar surface area (TPSA) is 79.4 Å². The van der Waals surface area contributed by atoms with Crippen LogP contribution in [0.3, 0.4) is 0 Å². The minimum absolute atomic E-state index is 0.0957. The van der Waals surface area contributed by atoms with Crippen LogP contribution >= 0.6 is 0 Å².